The highest BCUT2D eigenvalue weighted by molar-refractivity contribution is 6.32. The quantitative estimate of drug-likeness (QED) is 0.126. The van der Waals surface area contributed by atoms with E-state index in [2.05, 4.69) is 0 Å². The molecule has 4 aliphatic heterocycles. The van der Waals surface area contributed by atoms with Crippen LogP contribution in [0.1, 0.15) is 109 Å². The number of aryl methyl sites for hydroxylation is 1. The number of aliphatic hydroxyl groups excluding tert-OH is 3. The first-order chi connectivity index (χ1) is 27.0. The van der Waals surface area contributed by atoms with Crippen molar-refractivity contribution in [2.45, 2.75) is 154 Å². The third kappa shape index (κ3) is 7.98. The number of aromatic hydroxyl groups is 1. The third-order valence-corrected chi connectivity index (χ3v) is 13.8. The van der Waals surface area contributed by atoms with Gasteiger partial charge in [-0.15, -0.1) is 0 Å². The van der Waals surface area contributed by atoms with E-state index >= 15 is 0 Å². The van der Waals surface area contributed by atoms with Gasteiger partial charge in [0.2, 0.25) is 5.79 Å². The molecule has 4 aliphatic rings. The molecule has 0 unspecified atom stereocenters. The summed E-state index contributed by atoms with van der Waals surface area (Å²) in [6, 6.07) is 1.52. The number of carbonyl (C=O) groups is 3. The average molecular weight is 839 g/mol. The number of ether oxygens (including phenoxy) is 6. The zero-order valence-corrected chi connectivity index (χ0v) is 36.2. The number of esters is 1. The van der Waals surface area contributed by atoms with Gasteiger partial charge in [-0.2, -0.15) is 0 Å². The number of ketones is 1. The van der Waals surface area contributed by atoms with Gasteiger partial charge in [-0.3, -0.25) is 4.79 Å². The summed E-state index contributed by atoms with van der Waals surface area (Å²) in [5.74, 6) is -9.24. The molecule has 17 atom stereocenters. The molecule has 0 amide bonds. The number of aliphatic hydroxyl groups is 3. The van der Waals surface area contributed by atoms with E-state index in [4.69, 9.17) is 40.0 Å². The van der Waals surface area contributed by atoms with Crippen molar-refractivity contribution in [1.29, 1.82) is 0 Å². The fourth-order valence-corrected chi connectivity index (χ4v) is 10.7. The molecule has 0 radical (unpaired) electrons. The molecule has 3 fully saturated rings. The largest absolute Gasteiger partial charge is 0.507 e. The average Bonchev–Trinajstić information content (AvgIpc) is 3.66. The zero-order valence-electron chi connectivity index (χ0n) is 35.4. The van der Waals surface area contributed by atoms with Crippen molar-refractivity contribution < 1.29 is 68.3 Å². The number of carboxylic acids is 1. The molecule has 2 spiro atoms. The number of rotatable bonds is 13. The van der Waals surface area contributed by atoms with Crippen LogP contribution in [0.4, 0.5) is 0 Å². The molecule has 1 aromatic rings. The molecule has 0 bridgehead atoms. The summed E-state index contributed by atoms with van der Waals surface area (Å²) in [6.07, 6.45) is -2.84. The van der Waals surface area contributed by atoms with E-state index < -0.39 is 101 Å². The molecule has 3 saturated heterocycles. The maximum atomic E-state index is 14.3. The topological polar surface area (TPSA) is 208 Å². The van der Waals surface area contributed by atoms with Gasteiger partial charge in [-0.1, -0.05) is 60.1 Å². The van der Waals surface area contributed by atoms with Crippen molar-refractivity contribution in [3.8, 4) is 5.75 Å². The van der Waals surface area contributed by atoms with Gasteiger partial charge in [0.15, 0.2) is 11.9 Å². The van der Waals surface area contributed by atoms with Gasteiger partial charge in [0, 0.05) is 42.2 Å². The lowest BCUT2D eigenvalue weighted by Crippen LogP contribution is -2.64. The number of hydrogen-bond acceptors (Lipinski definition) is 13. The van der Waals surface area contributed by atoms with E-state index in [0.29, 0.717) is 12.0 Å². The van der Waals surface area contributed by atoms with Crippen LogP contribution < -0.4 is 0 Å². The first-order valence-electron chi connectivity index (χ1n) is 20.5. The maximum absolute atomic E-state index is 14.3. The Morgan fingerprint density at radius 1 is 1.07 bits per heavy atom. The lowest BCUT2D eigenvalue weighted by Gasteiger charge is -2.54. The van der Waals surface area contributed by atoms with Crippen LogP contribution in [0.15, 0.2) is 18.2 Å². The Morgan fingerprint density at radius 2 is 1.72 bits per heavy atom. The number of methoxy groups -OCH3 is 1. The second-order valence-electron chi connectivity index (χ2n) is 17.6. The highest BCUT2D eigenvalue weighted by atomic mass is 35.5. The summed E-state index contributed by atoms with van der Waals surface area (Å²) >= 11 is 6.50. The van der Waals surface area contributed by atoms with Gasteiger partial charge >= 0.3 is 11.9 Å². The summed E-state index contributed by atoms with van der Waals surface area (Å²) in [6.45, 7) is 17.9. The molecule has 4 heterocycles. The van der Waals surface area contributed by atoms with Crippen LogP contribution >= 0.6 is 11.6 Å². The van der Waals surface area contributed by atoms with Crippen LogP contribution in [0.5, 0.6) is 5.75 Å². The zero-order chi connectivity index (χ0) is 43.4. The first kappa shape index (κ1) is 46.4. The molecule has 0 aliphatic carbocycles. The Kier molecular flexibility index (Phi) is 13.9. The third-order valence-electron chi connectivity index (χ3n) is 13.5. The van der Waals surface area contributed by atoms with Gasteiger partial charge in [0.1, 0.15) is 28.8 Å². The molecule has 0 aromatic heterocycles. The molecule has 1 aromatic carbocycles. The first-order valence-corrected chi connectivity index (χ1v) is 20.8. The molecular weight excluding hydrogens is 776 g/mol. The number of benzene rings is 1. The summed E-state index contributed by atoms with van der Waals surface area (Å²) in [4.78, 5) is 39.0. The molecule has 14 nitrogen and oxygen atoms in total. The Morgan fingerprint density at radius 3 is 2.33 bits per heavy atom. The van der Waals surface area contributed by atoms with Crippen LogP contribution in [-0.2, 0) is 38.0 Å². The summed E-state index contributed by atoms with van der Waals surface area (Å²) in [5, 5.41) is 54.7. The van der Waals surface area contributed by atoms with Crippen LogP contribution in [-0.4, -0.2) is 117 Å². The summed E-state index contributed by atoms with van der Waals surface area (Å²) in [7, 11) is 1.51. The lowest BCUT2D eigenvalue weighted by atomic mass is 9.74. The Bertz CT molecular complexity index is 1740. The van der Waals surface area contributed by atoms with Crippen molar-refractivity contribution in [3.05, 3.63) is 39.9 Å². The van der Waals surface area contributed by atoms with Crippen molar-refractivity contribution in [2.24, 2.45) is 35.5 Å². The van der Waals surface area contributed by atoms with E-state index in [-0.39, 0.29) is 59.0 Å². The molecule has 15 heteroatoms. The molecule has 5 rings (SSSR count). The normalized spacial score (nSPS) is 38.7. The minimum absolute atomic E-state index is 0.0417. The van der Waals surface area contributed by atoms with Crippen molar-refractivity contribution >= 4 is 29.3 Å². The minimum Gasteiger partial charge on any atom is -0.507 e. The molecule has 58 heavy (non-hydrogen) atoms. The Hall–Kier alpha value is -2.66. The highest BCUT2D eigenvalue weighted by Gasteiger charge is 2.70. The number of phenols is 1. The van der Waals surface area contributed by atoms with E-state index in [0.717, 1.165) is 0 Å². The van der Waals surface area contributed by atoms with E-state index in [9.17, 15) is 39.9 Å². The fourth-order valence-electron chi connectivity index (χ4n) is 10.3. The van der Waals surface area contributed by atoms with Crippen LogP contribution in [0.2, 0.25) is 5.02 Å². The van der Waals surface area contributed by atoms with Crippen LogP contribution in [0.3, 0.4) is 0 Å². The maximum Gasteiger partial charge on any atom is 0.339 e. The second kappa shape index (κ2) is 17.4. The summed E-state index contributed by atoms with van der Waals surface area (Å²) in [5.41, 5.74) is -0.978. The summed E-state index contributed by atoms with van der Waals surface area (Å²) < 4.78 is 37.8. The minimum atomic E-state index is -1.72. The van der Waals surface area contributed by atoms with Gasteiger partial charge < -0.3 is 54.0 Å². The SMILES string of the molecule is CCOC(=O)[C@H]1O[C@@H]([C@@]2(C)O[C@]3(O[C@]4(C=C[C@H]3O)O[C@H]([C@@H](C)C(=O)[C@@H](C)[C@@H](O)[C@H](C)C[C@H](C)c3c(Cl)cc(C)c(O)c3C(=O)O)[C@@H](C)C[C@H]4C)[C@H](C)[C@H]2OC)C[C@H]1O. The van der Waals surface area contributed by atoms with Gasteiger partial charge in [0.25, 0.3) is 0 Å². The number of carboxylic acid groups (broad SMARTS) is 1. The molecule has 5 N–H and O–H groups in total. The van der Waals surface area contributed by atoms with Gasteiger partial charge in [-0.25, -0.2) is 9.59 Å². The van der Waals surface area contributed by atoms with Gasteiger partial charge in [-0.05, 0) is 80.7 Å². The number of Topliss-reactive ketones (excluding diaryl/α,β-unsaturated/α-hetero) is 1. The van der Waals surface area contributed by atoms with Crippen molar-refractivity contribution in [2.75, 3.05) is 13.7 Å². The van der Waals surface area contributed by atoms with Crippen LogP contribution in [0.25, 0.3) is 0 Å². The number of aromatic carboxylic acids is 1. The smallest absolute Gasteiger partial charge is 0.339 e. The van der Waals surface area contributed by atoms with Crippen molar-refractivity contribution in [3.63, 3.8) is 0 Å². The Labute approximate surface area is 346 Å². The van der Waals surface area contributed by atoms with Crippen molar-refractivity contribution in [1.82, 2.24) is 0 Å². The number of halogens is 1. The predicted octanol–water partition coefficient (Wildman–Crippen LogP) is 5.31. The highest BCUT2D eigenvalue weighted by Crippen LogP contribution is 2.56. The fraction of sp³-hybridized carbons (Fsp3) is 0.744. The number of hydrogen-bond donors (Lipinski definition) is 5. The lowest BCUT2D eigenvalue weighted by molar-refractivity contribution is -0.414. The monoisotopic (exact) mass is 838 g/mol. The van der Waals surface area contributed by atoms with E-state index in [1.54, 1.807) is 60.6 Å². The Balaban J connectivity index is 1.35. The molecule has 326 valence electrons. The standard InChI is InChI=1S/C43H63ClO14/c1-12-54-40(52)37-28(45)18-30(55-37)41(10)38(53-11)26(9)43(57-41)29(46)13-14-42(58-43)23(6)16-22(5)36(56-42)25(8)35(49)24(7)33(47)20(3)15-19(2)31-27(44)17-21(4)34(48)32(31)39(50)51/h13-14,17,19-20,22-26,28-30,33,36-38,45-48H,12,15-16,18H2,1-11H3,(H,50,51)/t19-,20+,22-,23+,24-,25-,26+,28+,29+,30+,33-,36-,37-,38+,41+,42-,43-/m0/s1. The van der Waals surface area contributed by atoms with E-state index in [1.165, 1.54) is 13.2 Å². The predicted molar refractivity (Wildman–Crippen MR) is 211 cm³/mol. The number of carbonyl (C=O) groups excluding carboxylic acids is 2. The van der Waals surface area contributed by atoms with Crippen LogP contribution in [0, 0.1) is 42.4 Å². The second-order valence-corrected chi connectivity index (χ2v) is 18.0. The van der Waals surface area contributed by atoms with Gasteiger partial charge in [0.05, 0.1) is 37.1 Å². The van der Waals surface area contributed by atoms with E-state index in [1.807, 2.05) is 20.8 Å². The molecule has 0 saturated carbocycles. The molecular formula is C43H63ClO14.